The number of aromatic amines is 1. The Morgan fingerprint density at radius 2 is 0.838 bits per heavy atom. The van der Waals surface area contributed by atoms with Crippen LogP contribution in [0.5, 0.6) is 17.6 Å². The maximum atomic E-state index is 13.0. The summed E-state index contributed by atoms with van der Waals surface area (Å²) in [6.45, 7) is 29.2. The highest BCUT2D eigenvalue weighted by atomic mass is 79.9. The Hall–Kier alpha value is -11.7. The molecule has 4 aliphatic heterocycles. The van der Waals surface area contributed by atoms with E-state index in [2.05, 4.69) is 108 Å². The van der Waals surface area contributed by atoms with Crippen molar-refractivity contribution in [1.29, 1.82) is 0 Å². The number of H-pyrrole nitrogens is 1. The van der Waals surface area contributed by atoms with Crippen molar-refractivity contribution in [3.05, 3.63) is 163 Å². The first-order valence-electron chi connectivity index (χ1n) is 36.6. The molecule has 0 radical (unpaired) electrons. The van der Waals surface area contributed by atoms with E-state index in [1.165, 1.54) is 28.3 Å². The van der Waals surface area contributed by atoms with Crippen molar-refractivity contribution in [2.24, 2.45) is 0 Å². The van der Waals surface area contributed by atoms with Crippen LogP contribution >= 0.6 is 47.8 Å². The molecule has 14 rings (SSSR count). The number of ether oxygens (including phenoxy) is 5. The molecule has 0 unspecified atom stereocenters. The number of halogens is 3. The summed E-state index contributed by atoms with van der Waals surface area (Å²) >= 11 is 9.69. The van der Waals surface area contributed by atoms with Crippen molar-refractivity contribution in [3.8, 4) is 39.9 Å². The van der Waals surface area contributed by atoms with Crippen molar-refractivity contribution in [2.45, 2.75) is 128 Å². The molecule has 1 saturated heterocycles. The smallest absolute Gasteiger partial charge is 0.480 e. The molecule has 3 amide bonds. The number of carbonyl (C=O) groups excluding carboxylic acids is 5. The van der Waals surface area contributed by atoms with Crippen molar-refractivity contribution in [3.63, 3.8) is 0 Å². The number of anilines is 6. The molecule has 7 aromatic heterocycles. The lowest BCUT2D eigenvalue weighted by atomic mass is 9.79. The van der Waals surface area contributed by atoms with Crippen LogP contribution in [-0.2, 0) is 57.6 Å². The van der Waals surface area contributed by atoms with E-state index in [1.54, 1.807) is 33.2 Å². The second kappa shape index (κ2) is 39.3. The van der Waals surface area contributed by atoms with Gasteiger partial charge in [0.1, 0.15) is 97.9 Å². The molecule has 40 heteroatoms. The number of benzene rings is 3. The maximum absolute atomic E-state index is 13.0. The molecule has 0 spiro atoms. The monoisotopic (exact) mass is 1800 g/mol. The number of amides is 3. The van der Waals surface area contributed by atoms with Crippen molar-refractivity contribution in [1.82, 2.24) is 69.4 Å². The Labute approximate surface area is 699 Å². The molecule has 0 aliphatic carbocycles. The largest absolute Gasteiger partial charge is 0.494 e. The van der Waals surface area contributed by atoms with Gasteiger partial charge < -0.3 is 75.1 Å². The zero-order valence-corrected chi connectivity index (χ0v) is 71.6. The van der Waals surface area contributed by atoms with Crippen LogP contribution in [0, 0.1) is 55.4 Å². The summed E-state index contributed by atoms with van der Waals surface area (Å²) in [5.41, 5.74) is 30.7. The van der Waals surface area contributed by atoms with Gasteiger partial charge in [0.05, 0.1) is 81.5 Å². The molecule has 4 aliphatic rings. The Morgan fingerprint density at radius 3 is 1.14 bits per heavy atom. The van der Waals surface area contributed by atoms with Crippen LogP contribution in [0.3, 0.4) is 0 Å². The van der Waals surface area contributed by atoms with Crippen LogP contribution in [0.2, 0.25) is 0 Å². The fraction of sp³-hybridized carbons (Fsp3) is 0.364. The van der Waals surface area contributed by atoms with Crippen LogP contribution in [0.4, 0.5) is 34.5 Å². The molecule has 3 aromatic carbocycles. The molecule has 10 aromatic rings. The van der Waals surface area contributed by atoms with Gasteiger partial charge in [-0.1, -0.05) is 52.3 Å². The van der Waals surface area contributed by atoms with Crippen LogP contribution in [0.25, 0.3) is 22.3 Å². The second-order valence-corrected chi connectivity index (χ2v) is 29.5. The lowest BCUT2D eigenvalue weighted by molar-refractivity contribution is -0.144. The molecular weight excluding hydrogens is 1710 g/mol. The van der Waals surface area contributed by atoms with E-state index in [0.29, 0.717) is 56.2 Å². The minimum Gasteiger partial charge on any atom is -0.480 e. The highest BCUT2D eigenvalue weighted by Crippen LogP contribution is 2.38. The molecule has 117 heavy (non-hydrogen) atoms. The van der Waals surface area contributed by atoms with E-state index in [9.17, 15) is 33.6 Å². The third kappa shape index (κ3) is 21.3. The number of hydrogen-bond acceptors (Lipinski definition) is 27. The Morgan fingerprint density at radius 1 is 0.487 bits per heavy atom. The average molecular weight is 1800 g/mol. The third-order valence-corrected chi connectivity index (χ3v) is 21.7. The van der Waals surface area contributed by atoms with E-state index in [4.69, 9.17) is 55.7 Å². The number of rotatable bonds is 15. The molecule has 9 N–H and O–H groups in total. The Kier molecular flexibility index (Phi) is 29.9. The number of carboxylic acids is 2. The fourth-order valence-electron chi connectivity index (χ4n) is 12.3. The quantitative estimate of drug-likeness (QED) is 0.0316. The van der Waals surface area contributed by atoms with Crippen molar-refractivity contribution >= 4 is 136 Å². The standard InChI is InChI=1S/2C20H20N6O4.C19H23BN4O4.C9H13BrN2O2.C5H7BrN2.C4H7BrO2/c2*1-11-16(12(2)26(24-11)9-15(27)28)13-3-5-14(6-4-13)25-7-8-30-19-17(20(25)29)18(21)22-10-23-19;1-18(2)19(3,4)28-20(27-18)12-5-7-13(8-6-12)24-9-10-26-16-14(17(24)25)15(21)22-11-23-16;1-4-14-8(13)5-12-7(3)9(10)6(2)11-12;1-3-5(6)4(2)8-7-3;1-2-7-4(6)3-5/h2*3-6,10H,7-9H2,1-2H3,(H,27,28)(H2,21,22,23);5-8,11H,9-10H2,1-4H3,(H2,21,22,23);4-5H2,1-3H3;1-2H3,(H,7,8);2-3H2,1H3. The average Bonchev–Trinajstić information content (AvgIpc) is 1.76. The minimum atomic E-state index is -0.951. The van der Waals surface area contributed by atoms with Gasteiger partial charge in [-0.05, 0) is 182 Å². The lowest BCUT2D eigenvalue weighted by Crippen LogP contribution is -2.41. The lowest BCUT2D eigenvalue weighted by Gasteiger charge is -2.32. The number of aromatic nitrogens is 14. The SMILES string of the molecule is CC1(C)OB(c2ccc(N3CCOc4ncnc(N)c4C3=O)cc2)OC1(C)C.CCOC(=O)CBr.CCOC(=O)Cn1nc(C)c(Br)c1C.Cc1n[nH]c(C)c1Br.Cc1nn(CC(=O)O)c(C)c1-c1ccc(N2CCOc3ncnc(N)c3C2=O)cc1.Cc1nn(CC(=O)O)c(C)c1-c1ccc(N2CCOc3ncnc(N)c3C2=O)cc1. The van der Waals surface area contributed by atoms with Gasteiger partial charge in [0, 0.05) is 45.3 Å². The van der Waals surface area contributed by atoms with Gasteiger partial charge in [0.2, 0.25) is 17.6 Å². The van der Waals surface area contributed by atoms with Crippen LogP contribution < -0.4 is 51.6 Å². The number of alkyl halides is 1. The van der Waals surface area contributed by atoms with Gasteiger partial charge in [-0.25, -0.2) is 29.9 Å². The van der Waals surface area contributed by atoms with Crippen LogP contribution in [0.15, 0.2) is 101 Å². The van der Waals surface area contributed by atoms with Gasteiger partial charge in [0.25, 0.3) is 17.7 Å². The highest BCUT2D eigenvalue weighted by molar-refractivity contribution is 9.11. The second-order valence-electron chi connectivity index (χ2n) is 27.3. The molecule has 0 atom stereocenters. The summed E-state index contributed by atoms with van der Waals surface area (Å²) in [5, 5.41) is 38.0. The maximum Gasteiger partial charge on any atom is 0.494 e. The topological polar surface area (TPSA) is 472 Å². The molecule has 618 valence electrons. The van der Waals surface area contributed by atoms with Gasteiger partial charge in [-0.2, -0.15) is 20.4 Å². The summed E-state index contributed by atoms with van der Waals surface area (Å²) in [7, 11) is -0.452. The van der Waals surface area contributed by atoms with Gasteiger partial charge in [-0.15, -0.1) is 0 Å². The van der Waals surface area contributed by atoms with E-state index in [-0.39, 0.29) is 114 Å². The zero-order chi connectivity index (χ0) is 85.5. The number of carbonyl (C=O) groups is 7. The molecule has 1 fully saturated rings. The van der Waals surface area contributed by atoms with Crippen LogP contribution in [0.1, 0.15) is 118 Å². The Bertz CT molecular complexity index is 5060. The van der Waals surface area contributed by atoms with Crippen molar-refractivity contribution < 1.29 is 76.8 Å². The predicted octanol–water partition coefficient (Wildman–Crippen LogP) is 9.28. The van der Waals surface area contributed by atoms with E-state index < -0.39 is 30.3 Å². The summed E-state index contributed by atoms with van der Waals surface area (Å²) in [6.07, 6.45) is 3.82. The Balaban J connectivity index is 0.000000171. The number of aliphatic carboxylic acids is 2. The fourth-order valence-corrected chi connectivity index (χ4v) is 12.9. The van der Waals surface area contributed by atoms with E-state index in [0.717, 1.165) is 87.9 Å². The molecule has 0 bridgehead atoms. The number of nitrogens with one attached hydrogen (secondary N) is 1. The first-order valence-corrected chi connectivity index (χ1v) is 39.3. The summed E-state index contributed by atoms with van der Waals surface area (Å²) in [4.78, 5) is 111. The first-order chi connectivity index (χ1) is 55.5. The molecular formula is C77H90BBr3N20O16. The molecule has 36 nitrogen and oxygen atoms in total. The number of nitrogen functional groups attached to an aromatic ring is 3. The van der Waals surface area contributed by atoms with Gasteiger partial charge in [-0.3, -0.25) is 52.7 Å². The predicted molar refractivity (Wildman–Crippen MR) is 445 cm³/mol. The number of nitrogens with two attached hydrogens (primary N) is 3. The minimum absolute atomic E-state index is 0.0746. The summed E-state index contributed by atoms with van der Waals surface area (Å²) in [6, 6.07) is 22.3. The van der Waals surface area contributed by atoms with Gasteiger partial charge >= 0.3 is 31.0 Å². The van der Waals surface area contributed by atoms with Crippen LogP contribution in [-0.4, -0.2) is 198 Å². The zero-order valence-electron chi connectivity index (χ0n) is 66.9. The van der Waals surface area contributed by atoms with E-state index >= 15 is 0 Å². The van der Waals surface area contributed by atoms with Crippen molar-refractivity contribution in [2.75, 3.05) is 89.9 Å². The summed E-state index contributed by atoms with van der Waals surface area (Å²) in [5.74, 6) is -2.46. The number of esters is 2. The van der Waals surface area contributed by atoms with Gasteiger partial charge in [0.15, 0.2) is 0 Å². The highest BCUT2D eigenvalue weighted by Gasteiger charge is 2.52. The third-order valence-electron chi connectivity index (χ3n) is 18.9. The summed E-state index contributed by atoms with van der Waals surface area (Å²) < 4.78 is 44.8. The number of hydrogen-bond donors (Lipinski definition) is 6. The number of aryl methyl sites for hydroxylation is 5. The normalized spacial score (nSPS) is 14.2. The molecule has 11 heterocycles. The number of carboxylic acid groups (broad SMARTS) is 2. The first kappa shape index (κ1) is 89.2. The number of nitrogens with zero attached hydrogens (tertiary/aromatic N) is 16. The molecule has 0 saturated carbocycles. The number of fused-ring (bicyclic) bond motifs is 3. The van der Waals surface area contributed by atoms with E-state index in [1.807, 2.05) is 156 Å².